The van der Waals surface area contributed by atoms with Gasteiger partial charge in [0.05, 0.1) is 11.2 Å². The third-order valence-corrected chi connectivity index (χ3v) is 20.0. The van der Waals surface area contributed by atoms with Gasteiger partial charge in [-0.25, -0.2) is 0 Å². The number of fused-ring (bicyclic) bond motifs is 16. The predicted molar refractivity (Wildman–Crippen MR) is 391 cm³/mol. The first-order valence-electron chi connectivity index (χ1n) is 31.8. The molecule has 0 bridgehead atoms. The maximum absolute atomic E-state index is 6.43. The Kier molecular flexibility index (Phi) is 12.9. The van der Waals surface area contributed by atoms with Crippen molar-refractivity contribution in [1.29, 1.82) is 0 Å². The topological polar surface area (TPSA) is 18.5 Å². The summed E-state index contributed by atoms with van der Waals surface area (Å²) in [4.78, 5) is 0. The van der Waals surface area contributed by atoms with Crippen LogP contribution in [0.3, 0.4) is 0 Å². The van der Waals surface area contributed by atoms with E-state index in [1.165, 1.54) is 163 Å². The van der Waals surface area contributed by atoms with Gasteiger partial charge in [-0.05, 0) is 215 Å². The van der Waals surface area contributed by atoms with Crippen LogP contribution in [0.25, 0.3) is 163 Å². The van der Waals surface area contributed by atoms with Gasteiger partial charge in [-0.15, -0.1) is 0 Å². The van der Waals surface area contributed by atoms with Crippen molar-refractivity contribution in [3.8, 4) is 55.6 Å². The van der Waals surface area contributed by atoms with E-state index in [4.69, 9.17) is 9.31 Å². The Morgan fingerprint density at radius 1 is 0.198 bits per heavy atom. The summed E-state index contributed by atoms with van der Waals surface area (Å²) in [6.07, 6.45) is 0. The number of benzene rings is 17. The Bertz CT molecular complexity index is 5700. The molecule has 1 saturated heterocycles. The van der Waals surface area contributed by atoms with Crippen LogP contribution in [0.5, 0.6) is 0 Å². The molecule has 430 valence electrons. The van der Waals surface area contributed by atoms with Crippen molar-refractivity contribution in [2.75, 3.05) is 0 Å². The van der Waals surface area contributed by atoms with Crippen LogP contribution in [0.1, 0.15) is 27.7 Å². The highest BCUT2D eigenvalue weighted by molar-refractivity contribution is 6.65. The molecule has 1 aliphatic heterocycles. The van der Waals surface area contributed by atoms with Crippen molar-refractivity contribution in [2.24, 2.45) is 0 Å². The van der Waals surface area contributed by atoms with E-state index in [-0.39, 0.29) is 11.2 Å². The molecule has 3 heteroatoms. The van der Waals surface area contributed by atoms with Gasteiger partial charge in [0.25, 0.3) is 0 Å². The summed E-state index contributed by atoms with van der Waals surface area (Å²) in [5.74, 6) is 0. The largest absolute Gasteiger partial charge is 0.495 e. The van der Waals surface area contributed by atoms with Gasteiger partial charge in [-0.1, -0.05) is 291 Å². The average molecular weight is 1160 g/mol. The lowest BCUT2D eigenvalue weighted by molar-refractivity contribution is 0.00578. The first-order valence-corrected chi connectivity index (χ1v) is 31.8. The molecule has 0 radical (unpaired) electrons. The number of hydrogen-bond donors (Lipinski definition) is 0. The van der Waals surface area contributed by atoms with Crippen molar-refractivity contribution in [1.82, 2.24) is 0 Å². The first kappa shape index (κ1) is 54.5. The van der Waals surface area contributed by atoms with Gasteiger partial charge in [0.2, 0.25) is 0 Å². The fourth-order valence-electron chi connectivity index (χ4n) is 14.9. The average Bonchev–Trinajstić information content (AvgIpc) is 1.28. The highest BCUT2D eigenvalue weighted by Gasteiger charge is 2.52. The Balaban J connectivity index is 0.000000150. The highest BCUT2D eigenvalue weighted by Crippen LogP contribution is 2.48. The highest BCUT2D eigenvalue weighted by atomic mass is 16.7. The van der Waals surface area contributed by atoms with E-state index in [0.717, 1.165) is 5.46 Å². The maximum atomic E-state index is 6.43. The van der Waals surface area contributed by atoms with Crippen molar-refractivity contribution in [3.63, 3.8) is 0 Å². The second-order valence-electron chi connectivity index (χ2n) is 25.5. The molecule has 17 aromatic rings. The Morgan fingerprint density at radius 2 is 0.451 bits per heavy atom. The Labute approximate surface area is 530 Å². The fraction of sp³-hybridized carbons (Fsp3) is 0.0682. The molecule has 0 spiro atoms. The maximum Gasteiger partial charge on any atom is 0.495 e. The van der Waals surface area contributed by atoms with Crippen molar-refractivity contribution < 1.29 is 9.31 Å². The van der Waals surface area contributed by atoms with E-state index in [1.54, 1.807) is 0 Å². The summed E-state index contributed by atoms with van der Waals surface area (Å²) in [6, 6.07) is 113. The minimum absolute atomic E-state index is 0.375. The predicted octanol–water partition coefficient (Wildman–Crippen LogP) is 23.5. The number of hydrogen-bond acceptors (Lipinski definition) is 2. The summed E-state index contributed by atoms with van der Waals surface area (Å²) < 4.78 is 12.9. The molecule has 0 saturated carbocycles. The zero-order chi connectivity index (χ0) is 61.0. The van der Waals surface area contributed by atoms with Crippen LogP contribution < -0.4 is 5.46 Å². The van der Waals surface area contributed by atoms with Crippen molar-refractivity contribution in [3.05, 3.63) is 309 Å². The first-order chi connectivity index (χ1) is 44.7. The Hall–Kier alpha value is -10.7. The summed E-state index contributed by atoms with van der Waals surface area (Å²) in [5, 5.41) is 25.5. The zero-order valence-electron chi connectivity index (χ0n) is 51.3. The standard InChI is InChI=1S/C54H34.C34H29BO2/c1-3-15-35(16-4-1)53-48-25-13-14-26-49(48)54(36-17-5-2-6-18-36)52-34-38(28-30-50(52)53)40-32-31-39(41-19-7-8-20-42(40)41)37-27-29-47-45-23-10-9-21-43(45)44-22-11-12-24-46(44)51(47)33-37;1-33(2)34(3,4)37-35(36-33)32-20-19-23(24-11-9-10-16-30(24)32)22-17-18-29-27-14-6-5-12-25(27)26-13-7-8-15-28(26)31(29)21-22/h1-34H;5-21H,1-4H3. The molecule has 0 N–H and O–H groups in total. The van der Waals surface area contributed by atoms with E-state index in [2.05, 4.69) is 337 Å². The normalized spacial score (nSPS) is 13.8. The van der Waals surface area contributed by atoms with E-state index in [0.29, 0.717) is 0 Å². The van der Waals surface area contributed by atoms with Gasteiger partial charge in [0, 0.05) is 0 Å². The van der Waals surface area contributed by atoms with Crippen molar-refractivity contribution in [2.45, 2.75) is 38.9 Å². The lowest BCUT2D eigenvalue weighted by atomic mass is 9.75. The molecule has 1 aliphatic rings. The summed E-state index contributed by atoms with van der Waals surface area (Å²) >= 11 is 0. The van der Waals surface area contributed by atoms with E-state index in [9.17, 15) is 0 Å². The molecule has 17 aromatic carbocycles. The molecule has 91 heavy (non-hydrogen) atoms. The minimum Gasteiger partial charge on any atom is -0.399 e. The van der Waals surface area contributed by atoms with Crippen LogP contribution in [0.4, 0.5) is 0 Å². The second kappa shape index (κ2) is 21.5. The molecule has 1 heterocycles. The molecule has 0 aliphatic carbocycles. The number of rotatable bonds is 6. The summed E-state index contributed by atoms with van der Waals surface area (Å²) in [6.45, 7) is 8.42. The molecule has 0 unspecified atom stereocenters. The van der Waals surface area contributed by atoms with Gasteiger partial charge in [-0.3, -0.25) is 0 Å². The van der Waals surface area contributed by atoms with Gasteiger partial charge in [-0.2, -0.15) is 0 Å². The third-order valence-electron chi connectivity index (χ3n) is 20.0. The van der Waals surface area contributed by atoms with Gasteiger partial charge < -0.3 is 9.31 Å². The van der Waals surface area contributed by atoms with Crippen LogP contribution in [0.2, 0.25) is 0 Å². The van der Waals surface area contributed by atoms with Gasteiger partial charge in [0.1, 0.15) is 0 Å². The SMILES string of the molecule is CC1(C)OB(c2ccc(-c3ccc4c5ccccc5c5ccccc5c4c3)c3ccccc23)OC1(C)C.c1ccc(-c2c3ccccc3c(-c3ccccc3)c3cc(-c4ccc(-c5ccc6c7ccccc7c7ccccc7c6c5)c5ccccc45)ccc23)cc1. The lowest BCUT2D eigenvalue weighted by Gasteiger charge is -2.32. The van der Waals surface area contributed by atoms with Crippen molar-refractivity contribution >= 4 is 120 Å². The third kappa shape index (κ3) is 8.94. The van der Waals surface area contributed by atoms with E-state index in [1.807, 2.05) is 0 Å². The summed E-state index contributed by atoms with van der Waals surface area (Å²) in [7, 11) is -0.393. The zero-order valence-corrected chi connectivity index (χ0v) is 51.3. The van der Waals surface area contributed by atoms with E-state index < -0.39 is 7.12 Å². The molecule has 18 rings (SSSR count). The van der Waals surface area contributed by atoms with Crippen LogP contribution in [-0.2, 0) is 9.31 Å². The molecular formula is C88H63BO2. The molecule has 0 aromatic heterocycles. The quantitative estimate of drug-likeness (QED) is 0.0938. The van der Waals surface area contributed by atoms with Crippen LogP contribution in [-0.4, -0.2) is 18.3 Å². The smallest absolute Gasteiger partial charge is 0.399 e. The van der Waals surface area contributed by atoms with Gasteiger partial charge in [0.15, 0.2) is 0 Å². The molecule has 0 amide bonds. The monoisotopic (exact) mass is 1160 g/mol. The Morgan fingerprint density at radius 3 is 0.835 bits per heavy atom. The second-order valence-corrected chi connectivity index (χ2v) is 25.5. The fourth-order valence-corrected chi connectivity index (χ4v) is 14.9. The minimum atomic E-state index is -0.393. The van der Waals surface area contributed by atoms with Crippen LogP contribution in [0, 0.1) is 0 Å². The molecule has 0 atom stereocenters. The molecular weight excluding hydrogens is 1100 g/mol. The van der Waals surface area contributed by atoms with Crippen LogP contribution >= 0.6 is 0 Å². The lowest BCUT2D eigenvalue weighted by Crippen LogP contribution is -2.41. The molecule has 2 nitrogen and oxygen atoms in total. The van der Waals surface area contributed by atoms with Gasteiger partial charge >= 0.3 is 7.12 Å². The summed E-state index contributed by atoms with van der Waals surface area (Å²) in [5.41, 5.74) is 12.7. The molecule has 1 fully saturated rings. The van der Waals surface area contributed by atoms with E-state index >= 15 is 0 Å². The van der Waals surface area contributed by atoms with Crippen LogP contribution in [0.15, 0.2) is 309 Å².